The molecule has 0 saturated carbocycles. The first kappa shape index (κ1) is 22.4. The summed E-state index contributed by atoms with van der Waals surface area (Å²) in [6.07, 6.45) is 0. The fourth-order valence-electron chi connectivity index (χ4n) is 3.79. The highest BCUT2D eigenvalue weighted by molar-refractivity contribution is 7.19. The second kappa shape index (κ2) is 7.75. The Morgan fingerprint density at radius 2 is 0.967 bits per heavy atom. The molecule has 0 fully saturated rings. The summed E-state index contributed by atoms with van der Waals surface area (Å²) < 4.78 is 0. The van der Waals surface area contributed by atoms with Gasteiger partial charge in [0, 0.05) is 11.1 Å². The van der Waals surface area contributed by atoms with Crippen molar-refractivity contribution in [3.8, 4) is 11.5 Å². The Balaban J connectivity index is 2.39. The zero-order chi connectivity index (χ0) is 22.3. The van der Waals surface area contributed by atoms with Crippen LogP contribution in [0, 0.1) is 0 Å². The van der Waals surface area contributed by atoms with Gasteiger partial charge in [0.05, 0.1) is 5.16 Å². The number of aromatic hydroxyl groups is 2. The van der Waals surface area contributed by atoms with Gasteiger partial charge in [0.2, 0.25) is 0 Å². The van der Waals surface area contributed by atoms with Crippen molar-refractivity contribution >= 4 is 9.24 Å². The lowest BCUT2D eigenvalue weighted by Crippen LogP contribution is -2.24. The van der Waals surface area contributed by atoms with E-state index >= 15 is 0 Å². The monoisotopic (exact) mass is 420 g/mol. The Kier molecular flexibility index (Phi) is 5.78. The summed E-state index contributed by atoms with van der Waals surface area (Å²) >= 11 is 0. The van der Waals surface area contributed by atoms with Crippen LogP contribution in [0.3, 0.4) is 0 Å². The number of rotatable bonds is 3. The van der Waals surface area contributed by atoms with Crippen molar-refractivity contribution in [1.29, 1.82) is 0 Å². The highest BCUT2D eigenvalue weighted by Crippen LogP contribution is 2.52. The highest BCUT2D eigenvalue weighted by Gasteiger charge is 2.37. The summed E-state index contributed by atoms with van der Waals surface area (Å²) in [5.41, 5.74) is 4.62. The largest absolute Gasteiger partial charge is 0.508 e. The van der Waals surface area contributed by atoms with Gasteiger partial charge in [-0.25, -0.2) is 0 Å². The zero-order valence-electron chi connectivity index (χ0n) is 18.8. The van der Waals surface area contributed by atoms with E-state index in [2.05, 4.69) is 62.9 Å². The van der Waals surface area contributed by atoms with E-state index in [4.69, 9.17) is 0 Å². The Hall–Kier alpha value is -2.31. The predicted molar refractivity (Wildman–Crippen MR) is 130 cm³/mol. The lowest BCUT2D eigenvalue weighted by atomic mass is 9.77. The van der Waals surface area contributed by atoms with E-state index < -0.39 is 5.16 Å². The van der Waals surface area contributed by atoms with E-state index in [1.807, 2.05) is 42.5 Å². The first-order chi connectivity index (χ1) is 13.8. The number of hydrogen-bond donors (Lipinski definition) is 2. The van der Waals surface area contributed by atoms with Gasteiger partial charge in [-0.3, -0.25) is 0 Å². The molecule has 0 heterocycles. The van der Waals surface area contributed by atoms with Crippen molar-refractivity contribution in [2.75, 3.05) is 0 Å². The summed E-state index contributed by atoms with van der Waals surface area (Å²) in [7, 11) is 2.94. The van der Waals surface area contributed by atoms with Gasteiger partial charge in [0.1, 0.15) is 11.5 Å². The zero-order valence-corrected chi connectivity index (χ0v) is 20.0. The molecule has 1 unspecified atom stereocenters. The molecule has 0 spiro atoms. The Morgan fingerprint density at radius 1 is 0.567 bits per heavy atom. The van der Waals surface area contributed by atoms with Gasteiger partial charge < -0.3 is 10.2 Å². The Bertz CT molecular complexity index is 977. The predicted octanol–water partition coefficient (Wildman–Crippen LogP) is 6.86. The molecule has 1 atom stereocenters. The molecule has 2 nitrogen and oxygen atoms in total. The maximum atomic E-state index is 11.0. The molecule has 3 aromatic rings. The van der Waals surface area contributed by atoms with E-state index in [-0.39, 0.29) is 22.3 Å². The quantitative estimate of drug-likeness (QED) is 0.359. The number of phenolic OH excluding ortho intramolecular Hbond substituents is 2. The van der Waals surface area contributed by atoms with Gasteiger partial charge in [-0.1, -0.05) is 84.0 Å². The molecule has 0 aliphatic heterocycles. The number of hydrogen-bond acceptors (Lipinski definition) is 2. The molecule has 0 radical (unpaired) electrons. The molecular formula is C27H33O2P. The minimum Gasteiger partial charge on any atom is -0.508 e. The van der Waals surface area contributed by atoms with Crippen LogP contribution in [0.1, 0.15) is 69.4 Å². The van der Waals surface area contributed by atoms with Gasteiger partial charge in [0.15, 0.2) is 0 Å². The molecule has 3 heteroatoms. The smallest absolute Gasteiger partial charge is 0.120 e. The molecule has 3 aromatic carbocycles. The summed E-state index contributed by atoms with van der Waals surface area (Å²) in [5, 5.41) is 21.2. The van der Waals surface area contributed by atoms with Crippen molar-refractivity contribution in [3.63, 3.8) is 0 Å². The minimum atomic E-state index is -0.808. The molecule has 0 aromatic heterocycles. The molecule has 30 heavy (non-hydrogen) atoms. The van der Waals surface area contributed by atoms with Crippen LogP contribution in [0.2, 0.25) is 0 Å². The molecule has 158 valence electrons. The first-order valence-electron chi connectivity index (χ1n) is 10.4. The molecule has 3 rings (SSSR count). The fraction of sp³-hybridized carbons (Fsp3) is 0.333. The Morgan fingerprint density at radius 3 is 1.33 bits per heavy atom. The van der Waals surface area contributed by atoms with Crippen molar-refractivity contribution in [3.05, 3.63) is 94.5 Å². The summed E-state index contributed by atoms with van der Waals surface area (Å²) in [4.78, 5) is 0. The van der Waals surface area contributed by atoms with Crippen molar-refractivity contribution in [1.82, 2.24) is 0 Å². The molecule has 0 amide bonds. The average Bonchev–Trinajstić information content (AvgIpc) is 2.67. The van der Waals surface area contributed by atoms with E-state index in [1.54, 1.807) is 12.1 Å². The van der Waals surface area contributed by atoms with Gasteiger partial charge in [0.25, 0.3) is 0 Å². The van der Waals surface area contributed by atoms with Crippen LogP contribution in [0.25, 0.3) is 0 Å². The SMILES string of the molecule is CC(C)(C)c1ccc(O)c(C(P)(c2ccccc2)c2cc(C(C)(C)C)ccc2O)c1. The van der Waals surface area contributed by atoms with Crippen LogP contribution in [0.4, 0.5) is 0 Å². The normalized spacial score (nSPS) is 12.8. The Labute approximate surface area is 183 Å². The lowest BCUT2D eigenvalue weighted by Gasteiger charge is -2.35. The van der Waals surface area contributed by atoms with E-state index in [0.29, 0.717) is 0 Å². The molecule has 0 bridgehead atoms. The third-order valence-corrected chi connectivity index (χ3v) is 6.76. The lowest BCUT2D eigenvalue weighted by molar-refractivity contribution is 0.453. The summed E-state index contributed by atoms with van der Waals surface area (Å²) in [6, 6.07) is 21.7. The molecule has 0 saturated heterocycles. The maximum Gasteiger partial charge on any atom is 0.120 e. The van der Waals surface area contributed by atoms with Crippen LogP contribution in [0.15, 0.2) is 66.7 Å². The van der Waals surface area contributed by atoms with Crippen LogP contribution in [-0.2, 0) is 16.0 Å². The van der Waals surface area contributed by atoms with Gasteiger partial charge in [-0.2, -0.15) is 0 Å². The van der Waals surface area contributed by atoms with Crippen LogP contribution < -0.4 is 0 Å². The van der Waals surface area contributed by atoms with E-state index in [0.717, 1.165) is 27.8 Å². The second-order valence-corrected chi connectivity index (χ2v) is 11.0. The van der Waals surface area contributed by atoms with Crippen LogP contribution in [-0.4, -0.2) is 10.2 Å². The van der Waals surface area contributed by atoms with Gasteiger partial charge in [-0.05, 0) is 51.8 Å². The summed E-state index contributed by atoms with van der Waals surface area (Å²) in [5.74, 6) is 0.421. The van der Waals surface area contributed by atoms with Crippen LogP contribution in [0.5, 0.6) is 11.5 Å². The third-order valence-electron chi connectivity index (χ3n) is 5.80. The number of benzene rings is 3. The standard InChI is InChI=1S/C27H33O2P/c1-25(2,3)19-12-14-23(28)21(16-19)27(30,18-10-8-7-9-11-18)22-17-20(26(4,5)6)13-15-24(22)29/h7-17,28-29H,30H2,1-6H3. The second-order valence-electron chi connectivity index (χ2n) is 10.1. The molecule has 0 aliphatic carbocycles. The molecule has 2 N–H and O–H groups in total. The van der Waals surface area contributed by atoms with Crippen molar-refractivity contribution in [2.45, 2.75) is 57.5 Å². The fourth-order valence-corrected chi connectivity index (χ4v) is 4.45. The van der Waals surface area contributed by atoms with Crippen molar-refractivity contribution < 1.29 is 10.2 Å². The minimum absolute atomic E-state index is 0.0694. The van der Waals surface area contributed by atoms with E-state index in [1.165, 1.54) is 0 Å². The topological polar surface area (TPSA) is 40.5 Å². The third kappa shape index (κ3) is 4.12. The molecule has 0 aliphatic rings. The first-order valence-corrected chi connectivity index (χ1v) is 10.9. The number of phenols is 2. The van der Waals surface area contributed by atoms with Gasteiger partial charge in [-0.15, -0.1) is 9.24 Å². The average molecular weight is 421 g/mol. The van der Waals surface area contributed by atoms with Crippen LogP contribution >= 0.6 is 9.24 Å². The highest BCUT2D eigenvalue weighted by atomic mass is 31.0. The maximum absolute atomic E-state index is 11.0. The molecular weight excluding hydrogens is 387 g/mol. The van der Waals surface area contributed by atoms with Gasteiger partial charge >= 0.3 is 0 Å². The van der Waals surface area contributed by atoms with E-state index in [9.17, 15) is 10.2 Å². The summed E-state index contributed by atoms with van der Waals surface area (Å²) in [6.45, 7) is 13.0. The van der Waals surface area contributed by atoms with Crippen molar-refractivity contribution in [2.24, 2.45) is 0 Å².